The summed E-state index contributed by atoms with van der Waals surface area (Å²) in [6.07, 6.45) is 3.83. The Morgan fingerprint density at radius 2 is 2.24 bits per heavy atom. The molecule has 0 aliphatic heterocycles. The molecule has 0 atom stereocenters. The molecule has 17 heavy (non-hydrogen) atoms. The van der Waals surface area contributed by atoms with Crippen LogP contribution in [0.3, 0.4) is 0 Å². The average molecular weight is 230 g/mol. The maximum Gasteiger partial charge on any atom is 0.123 e. The lowest BCUT2D eigenvalue weighted by Gasteiger charge is -2.08. The fraction of sp³-hybridized carbons (Fsp3) is 0.385. The molecule has 0 fully saturated rings. The molecule has 0 unspecified atom stereocenters. The van der Waals surface area contributed by atoms with Crippen molar-refractivity contribution < 1.29 is 0 Å². The van der Waals surface area contributed by atoms with Crippen molar-refractivity contribution in [2.24, 2.45) is 0 Å². The second kappa shape index (κ2) is 5.59. The molecule has 0 aromatic carbocycles. The molecule has 0 saturated heterocycles. The van der Waals surface area contributed by atoms with Crippen LogP contribution in [0, 0.1) is 6.92 Å². The molecule has 0 radical (unpaired) electrons. The van der Waals surface area contributed by atoms with Gasteiger partial charge in [-0.05, 0) is 25.6 Å². The van der Waals surface area contributed by atoms with E-state index in [4.69, 9.17) is 0 Å². The minimum absolute atomic E-state index is 0.780. The molecule has 2 aromatic rings. The third-order valence-electron chi connectivity index (χ3n) is 2.61. The van der Waals surface area contributed by atoms with E-state index in [1.807, 2.05) is 37.5 Å². The van der Waals surface area contributed by atoms with E-state index in [2.05, 4.69) is 26.8 Å². The summed E-state index contributed by atoms with van der Waals surface area (Å²) in [5, 5.41) is 3.28. The molecule has 2 aromatic heterocycles. The lowest BCUT2D eigenvalue weighted by molar-refractivity contribution is 0.634. The molecule has 2 heterocycles. The van der Waals surface area contributed by atoms with Crippen LogP contribution in [0.5, 0.6) is 0 Å². The Balaban J connectivity index is 2.10. The Kier molecular flexibility index (Phi) is 3.88. The zero-order valence-electron chi connectivity index (χ0n) is 10.3. The maximum absolute atomic E-state index is 4.50. The summed E-state index contributed by atoms with van der Waals surface area (Å²) in [7, 11) is 0. The van der Waals surface area contributed by atoms with Gasteiger partial charge in [0.05, 0.1) is 18.8 Å². The fourth-order valence-corrected chi connectivity index (χ4v) is 1.75. The first-order valence-electron chi connectivity index (χ1n) is 5.93. The van der Waals surface area contributed by atoms with E-state index in [1.165, 1.54) is 0 Å². The molecule has 2 rings (SSSR count). The van der Waals surface area contributed by atoms with Crippen molar-refractivity contribution in [3.05, 3.63) is 47.8 Å². The molecule has 0 spiro atoms. The standard InChI is InChI=1S/C13H18N4/c1-3-14-9-13-15-7-8-17(13)10-12-6-4-5-11(2)16-12/h4-8,14H,3,9-10H2,1-2H3. The molecular weight excluding hydrogens is 212 g/mol. The van der Waals surface area contributed by atoms with Crippen LogP contribution in [0.4, 0.5) is 0 Å². The van der Waals surface area contributed by atoms with Crippen LogP contribution in [-0.2, 0) is 13.1 Å². The predicted octanol–water partition coefficient (Wildman–Crippen LogP) is 1.74. The number of hydrogen-bond acceptors (Lipinski definition) is 3. The summed E-state index contributed by atoms with van der Waals surface area (Å²) >= 11 is 0. The van der Waals surface area contributed by atoms with Crippen molar-refractivity contribution in [2.45, 2.75) is 26.9 Å². The smallest absolute Gasteiger partial charge is 0.123 e. The highest BCUT2D eigenvalue weighted by molar-refractivity contribution is 5.11. The van der Waals surface area contributed by atoms with Gasteiger partial charge >= 0.3 is 0 Å². The van der Waals surface area contributed by atoms with Gasteiger partial charge in [-0.3, -0.25) is 4.98 Å². The molecule has 0 aliphatic carbocycles. The zero-order chi connectivity index (χ0) is 12.1. The maximum atomic E-state index is 4.50. The number of pyridine rings is 1. The largest absolute Gasteiger partial charge is 0.328 e. The highest BCUT2D eigenvalue weighted by Gasteiger charge is 2.03. The van der Waals surface area contributed by atoms with E-state index >= 15 is 0 Å². The van der Waals surface area contributed by atoms with Gasteiger partial charge in [0.25, 0.3) is 0 Å². The van der Waals surface area contributed by atoms with Gasteiger partial charge in [-0.15, -0.1) is 0 Å². The number of imidazole rings is 1. The Morgan fingerprint density at radius 1 is 1.35 bits per heavy atom. The van der Waals surface area contributed by atoms with Crippen molar-refractivity contribution in [3.8, 4) is 0 Å². The highest BCUT2D eigenvalue weighted by atomic mass is 15.1. The summed E-state index contributed by atoms with van der Waals surface area (Å²) in [4.78, 5) is 8.85. The average Bonchev–Trinajstić information content (AvgIpc) is 2.74. The quantitative estimate of drug-likeness (QED) is 0.851. The van der Waals surface area contributed by atoms with Gasteiger partial charge < -0.3 is 9.88 Å². The first-order valence-corrected chi connectivity index (χ1v) is 5.93. The van der Waals surface area contributed by atoms with E-state index in [-0.39, 0.29) is 0 Å². The molecule has 4 nitrogen and oxygen atoms in total. The lowest BCUT2D eigenvalue weighted by Crippen LogP contribution is -2.16. The van der Waals surface area contributed by atoms with Crippen LogP contribution in [0.1, 0.15) is 24.1 Å². The van der Waals surface area contributed by atoms with Gasteiger partial charge in [-0.25, -0.2) is 4.98 Å². The minimum atomic E-state index is 0.780. The Labute approximate surface area is 102 Å². The minimum Gasteiger partial charge on any atom is -0.328 e. The van der Waals surface area contributed by atoms with Gasteiger partial charge in [0.2, 0.25) is 0 Å². The lowest BCUT2D eigenvalue weighted by atomic mass is 10.3. The highest BCUT2D eigenvalue weighted by Crippen LogP contribution is 2.04. The molecule has 90 valence electrons. The van der Waals surface area contributed by atoms with Crippen molar-refractivity contribution >= 4 is 0 Å². The van der Waals surface area contributed by atoms with Crippen LogP contribution in [0.25, 0.3) is 0 Å². The van der Waals surface area contributed by atoms with Crippen LogP contribution >= 0.6 is 0 Å². The normalized spacial score (nSPS) is 10.7. The van der Waals surface area contributed by atoms with Gasteiger partial charge in [0.15, 0.2) is 0 Å². The van der Waals surface area contributed by atoms with E-state index in [0.717, 1.165) is 36.8 Å². The number of nitrogens with one attached hydrogen (secondary N) is 1. The van der Waals surface area contributed by atoms with Gasteiger partial charge in [0, 0.05) is 18.1 Å². The monoisotopic (exact) mass is 230 g/mol. The fourth-order valence-electron chi connectivity index (χ4n) is 1.75. The van der Waals surface area contributed by atoms with Crippen molar-refractivity contribution in [2.75, 3.05) is 6.54 Å². The number of nitrogens with zero attached hydrogens (tertiary/aromatic N) is 3. The Morgan fingerprint density at radius 3 is 3.00 bits per heavy atom. The number of rotatable bonds is 5. The Bertz CT molecular complexity index is 476. The number of aryl methyl sites for hydroxylation is 1. The molecule has 0 saturated carbocycles. The SMILES string of the molecule is CCNCc1nccn1Cc1cccc(C)n1. The molecule has 1 N–H and O–H groups in total. The third-order valence-corrected chi connectivity index (χ3v) is 2.61. The van der Waals surface area contributed by atoms with Crippen LogP contribution in [0.15, 0.2) is 30.6 Å². The summed E-state index contributed by atoms with van der Waals surface area (Å²) in [5.41, 5.74) is 2.12. The zero-order valence-corrected chi connectivity index (χ0v) is 10.3. The van der Waals surface area contributed by atoms with Gasteiger partial charge in [-0.1, -0.05) is 13.0 Å². The molecule has 0 amide bonds. The van der Waals surface area contributed by atoms with Gasteiger partial charge in [-0.2, -0.15) is 0 Å². The van der Waals surface area contributed by atoms with Crippen molar-refractivity contribution in [1.29, 1.82) is 0 Å². The third kappa shape index (κ3) is 3.14. The molecule has 4 heteroatoms. The molecular formula is C13H18N4. The number of aromatic nitrogens is 3. The van der Waals surface area contributed by atoms with Crippen molar-refractivity contribution in [1.82, 2.24) is 19.9 Å². The molecule has 0 bridgehead atoms. The second-order valence-electron chi connectivity index (χ2n) is 4.02. The van der Waals surface area contributed by atoms with Crippen LogP contribution < -0.4 is 5.32 Å². The van der Waals surface area contributed by atoms with Crippen LogP contribution in [-0.4, -0.2) is 21.1 Å². The first-order chi connectivity index (χ1) is 8.29. The molecule has 0 aliphatic rings. The summed E-state index contributed by atoms with van der Waals surface area (Å²) in [6, 6.07) is 6.10. The summed E-state index contributed by atoms with van der Waals surface area (Å²) in [5.74, 6) is 1.05. The second-order valence-corrected chi connectivity index (χ2v) is 4.02. The van der Waals surface area contributed by atoms with E-state index < -0.39 is 0 Å². The topological polar surface area (TPSA) is 42.7 Å². The van der Waals surface area contributed by atoms with E-state index in [0.29, 0.717) is 0 Å². The van der Waals surface area contributed by atoms with Gasteiger partial charge in [0.1, 0.15) is 5.82 Å². The Hall–Kier alpha value is -1.68. The van der Waals surface area contributed by atoms with Crippen molar-refractivity contribution in [3.63, 3.8) is 0 Å². The predicted molar refractivity (Wildman–Crippen MR) is 67.7 cm³/mol. The first kappa shape index (κ1) is 11.8. The van der Waals surface area contributed by atoms with E-state index in [1.54, 1.807) is 0 Å². The van der Waals surface area contributed by atoms with Crippen LogP contribution in [0.2, 0.25) is 0 Å². The number of hydrogen-bond donors (Lipinski definition) is 1. The van der Waals surface area contributed by atoms with E-state index in [9.17, 15) is 0 Å². The summed E-state index contributed by atoms with van der Waals surface area (Å²) in [6.45, 7) is 6.64. The summed E-state index contributed by atoms with van der Waals surface area (Å²) < 4.78 is 2.13.